The van der Waals surface area contributed by atoms with Crippen LogP contribution in [0.4, 0.5) is 0 Å². The van der Waals surface area contributed by atoms with E-state index in [2.05, 4.69) is 21.5 Å². The molecule has 0 atom stereocenters. The summed E-state index contributed by atoms with van der Waals surface area (Å²) in [6.07, 6.45) is 0. The summed E-state index contributed by atoms with van der Waals surface area (Å²) in [5, 5.41) is 5.61. The molecule has 0 saturated heterocycles. The third kappa shape index (κ3) is 6.09. The minimum Gasteiger partial charge on any atom is -0.497 e. The third-order valence-electron chi connectivity index (χ3n) is 2.39. The monoisotopic (exact) mass is 310 g/mol. The van der Waals surface area contributed by atoms with E-state index in [1.54, 1.807) is 24.3 Å². The number of rotatable bonds is 5. The second-order valence-electron chi connectivity index (χ2n) is 3.95. The molecule has 0 bridgehead atoms. The van der Waals surface area contributed by atoms with Crippen molar-refractivity contribution in [1.29, 1.82) is 0 Å². The van der Waals surface area contributed by atoms with Crippen LogP contribution in [0.5, 0.6) is 5.75 Å². The average Bonchev–Trinajstić information content (AvgIpc) is 2.50. The molecule has 0 aliphatic heterocycles. The van der Waals surface area contributed by atoms with Gasteiger partial charge in [0.15, 0.2) is 5.11 Å². The highest BCUT2D eigenvalue weighted by Crippen LogP contribution is 2.11. The first-order valence-corrected chi connectivity index (χ1v) is 6.72. The van der Waals surface area contributed by atoms with E-state index in [4.69, 9.17) is 17.0 Å². The summed E-state index contributed by atoms with van der Waals surface area (Å²) in [4.78, 5) is 23.4. The molecule has 0 saturated carbocycles. The predicted molar refractivity (Wildman–Crippen MR) is 82.9 cm³/mol. The van der Waals surface area contributed by atoms with E-state index in [0.717, 1.165) is 0 Å². The second-order valence-corrected chi connectivity index (χ2v) is 4.36. The fourth-order valence-electron chi connectivity index (χ4n) is 1.40. The van der Waals surface area contributed by atoms with Gasteiger partial charge in [-0.1, -0.05) is 6.07 Å². The first-order valence-electron chi connectivity index (χ1n) is 6.31. The van der Waals surface area contributed by atoms with Crippen molar-refractivity contribution in [2.24, 2.45) is 0 Å². The molecule has 0 aliphatic rings. The highest BCUT2D eigenvalue weighted by molar-refractivity contribution is 7.80. The molecule has 7 nitrogen and oxygen atoms in total. The number of carbonyl (C=O) groups is 2. The van der Waals surface area contributed by atoms with Gasteiger partial charge in [0.1, 0.15) is 5.75 Å². The molecule has 8 heteroatoms. The maximum Gasteiger partial charge on any atom is 0.257 e. The number of hydrazine groups is 1. The fraction of sp³-hybridized carbons (Fsp3) is 0.308. The molecule has 0 aliphatic carbocycles. The zero-order valence-corrected chi connectivity index (χ0v) is 12.7. The normalized spacial score (nSPS) is 9.43. The average molecular weight is 310 g/mol. The van der Waals surface area contributed by atoms with Gasteiger partial charge >= 0.3 is 0 Å². The maximum atomic E-state index is 11.9. The second kappa shape index (κ2) is 8.75. The van der Waals surface area contributed by atoms with Crippen LogP contribution in [0, 0.1) is 0 Å². The van der Waals surface area contributed by atoms with Crippen LogP contribution in [0.2, 0.25) is 0 Å². The number of nitrogens with one attached hydrogen (secondary N) is 4. The van der Waals surface area contributed by atoms with Crippen LogP contribution in [0.15, 0.2) is 24.3 Å². The number of thiocarbonyl (C=S) groups is 1. The van der Waals surface area contributed by atoms with Gasteiger partial charge in [0.25, 0.3) is 11.8 Å². The standard InChI is InChI=1S/C13H18N4O3S/c1-3-14-13(21)17-16-11(18)8-15-12(19)9-5-4-6-10(7-9)20-2/h4-7H,3,8H2,1-2H3,(H,15,19)(H,16,18)(H2,14,17,21). The number of methoxy groups -OCH3 is 1. The third-order valence-corrected chi connectivity index (χ3v) is 2.64. The van der Waals surface area contributed by atoms with E-state index in [9.17, 15) is 9.59 Å². The molecule has 1 aromatic rings. The molecule has 114 valence electrons. The van der Waals surface area contributed by atoms with Gasteiger partial charge < -0.3 is 15.4 Å². The molecule has 2 amide bonds. The quantitative estimate of drug-likeness (QED) is 0.450. The van der Waals surface area contributed by atoms with Crippen molar-refractivity contribution < 1.29 is 14.3 Å². The van der Waals surface area contributed by atoms with Crippen LogP contribution in [0.3, 0.4) is 0 Å². The summed E-state index contributed by atoms with van der Waals surface area (Å²) in [7, 11) is 1.52. The maximum absolute atomic E-state index is 11.9. The minimum absolute atomic E-state index is 0.169. The van der Waals surface area contributed by atoms with Crippen molar-refractivity contribution >= 4 is 29.1 Å². The Bertz CT molecular complexity index is 522. The first-order chi connectivity index (χ1) is 10.1. The molecule has 0 unspecified atom stereocenters. The highest BCUT2D eigenvalue weighted by Gasteiger charge is 2.08. The first kappa shape index (κ1) is 16.7. The van der Waals surface area contributed by atoms with E-state index in [1.165, 1.54) is 7.11 Å². The number of benzene rings is 1. The molecule has 1 aromatic carbocycles. The van der Waals surface area contributed by atoms with Crippen molar-refractivity contribution in [2.45, 2.75) is 6.92 Å². The lowest BCUT2D eigenvalue weighted by molar-refractivity contribution is -0.120. The Morgan fingerprint density at radius 3 is 2.67 bits per heavy atom. The smallest absolute Gasteiger partial charge is 0.257 e. The molecule has 0 aromatic heterocycles. The Morgan fingerprint density at radius 1 is 1.24 bits per heavy atom. The highest BCUT2D eigenvalue weighted by atomic mass is 32.1. The zero-order valence-electron chi connectivity index (χ0n) is 11.9. The van der Waals surface area contributed by atoms with Gasteiger partial charge in [0.05, 0.1) is 13.7 Å². The fourth-order valence-corrected chi connectivity index (χ4v) is 1.60. The Hall–Kier alpha value is -2.35. The summed E-state index contributed by atoms with van der Waals surface area (Å²) in [5.41, 5.74) is 5.29. The van der Waals surface area contributed by atoms with Crippen LogP contribution in [-0.4, -0.2) is 37.1 Å². The van der Waals surface area contributed by atoms with E-state index in [1.807, 2.05) is 6.92 Å². The lowest BCUT2D eigenvalue weighted by Crippen LogP contribution is -2.49. The Kier molecular flexibility index (Phi) is 6.96. The Labute approximate surface area is 128 Å². The largest absolute Gasteiger partial charge is 0.497 e. The van der Waals surface area contributed by atoms with Crippen molar-refractivity contribution in [1.82, 2.24) is 21.5 Å². The predicted octanol–water partition coefficient (Wildman–Crippen LogP) is -0.0598. The number of hydrogen-bond acceptors (Lipinski definition) is 4. The molecule has 0 spiro atoms. The molecule has 0 radical (unpaired) electrons. The van der Waals surface area contributed by atoms with Crippen molar-refractivity contribution in [3.63, 3.8) is 0 Å². The minimum atomic E-state index is -0.411. The molecule has 0 fully saturated rings. The molecule has 4 N–H and O–H groups in total. The van der Waals surface area contributed by atoms with Gasteiger partial charge in [-0.05, 0) is 37.3 Å². The van der Waals surface area contributed by atoms with Gasteiger partial charge in [-0.3, -0.25) is 20.4 Å². The van der Waals surface area contributed by atoms with Crippen molar-refractivity contribution in [3.05, 3.63) is 29.8 Å². The molecule has 21 heavy (non-hydrogen) atoms. The SMILES string of the molecule is CCNC(=S)NNC(=O)CNC(=O)c1cccc(OC)c1. The van der Waals surface area contributed by atoms with Crippen molar-refractivity contribution in [2.75, 3.05) is 20.2 Å². The summed E-state index contributed by atoms with van der Waals surface area (Å²) < 4.78 is 5.03. The lowest BCUT2D eigenvalue weighted by Gasteiger charge is -2.10. The summed E-state index contributed by atoms with van der Waals surface area (Å²) >= 11 is 4.87. The Morgan fingerprint density at radius 2 is 2.00 bits per heavy atom. The Balaban J connectivity index is 2.38. The van der Waals surface area contributed by atoms with Crippen LogP contribution in [0.1, 0.15) is 17.3 Å². The number of ether oxygens (including phenoxy) is 1. The summed E-state index contributed by atoms with van der Waals surface area (Å²) in [6, 6.07) is 6.65. The molecule has 1 rings (SSSR count). The number of hydrogen-bond donors (Lipinski definition) is 4. The van der Waals surface area contributed by atoms with Gasteiger partial charge in [-0.2, -0.15) is 0 Å². The van der Waals surface area contributed by atoms with Gasteiger partial charge in [0.2, 0.25) is 0 Å². The van der Waals surface area contributed by atoms with Crippen LogP contribution in [0.25, 0.3) is 0 Å². The van der Waals surface area contributed by atoms with Gasteiger partial charge in [0, 0.05) is 12.1 Å². The van der Waals surface area contributed by atoms with E-state index in [-0.39, 0.29) is 12.5 Å². The van der Waals surface area contributed by atoms with Gasteiger partial charge in [-0.15, -0.1) is 0 Å². The molecular formula is C13H18N4O3S. The van der Waals surface area contributed by atoms with Gasteiger partial charge in [-0.25, -0.2) is 0 Å². The topological polar surface area (TPSA) is 91.5 Å². The summed E-state index contributed by atoms with van der Waals surface area (Å²) in [6.45, 7) is 2.36. The van der Waals surface area contributed by atoms with Crippen LogP contribution in [-0.2, 0) is 4.79 Å². The number of amides is 2. The molecule has 0 heterocycles. The summed E-state index contributed by atoms with van der Waals surface area (Å²) in [5.74, 6) is -0.199. The van der Waals surface area contributed by atoms with Crippen LogP contribution >= 0.6 is 12.2 Å². The number of carbonyl (C=O) groups excluding carboxylic acids is 2. The van der Waals surface area contributed by atoms with E-state index in [0.29, 0.717) is 23.0 Å². The van der Waals surface area contributed by atoms with E-state index >= 15 is 0 Å². The zero-order chi connectivity index (χ0) is 15.7. The van der Waals surface area contributed by atoms with Crippen LogP contribution < -0.4 is 26.2 Å². The van der Waals surface area contributed by atoms with E-state index < -0.39 is 5.91 Å². The lowest BCUT2D eigenvalue weighted by atomic mass is 10.2. The van der Waals surface area contributed by atoms with Crippen molar-refractivity contribution in [3.8, 4) is 5.75 Å². The molecular weight excluding hydrogens is 292 g/mol.